The number of hydrogen-bond donors (Lipinski definition) is 0. The van der Waals surface area contributed by atoms with E-state index in [0.29, 0.717) is 12.8 Å². The van der Waals surface area contributed by atoms with Crippen LogP contribution in [0.2, 0.25) is 0 Å². The van der Waals surface area contributed by atoms with Gasteiger partial charge in [-0.1, -0.05) is 74.2 Å². The van der Waals surface area contributed by atoms with E-state index in [1.54, 1.807) is 0 Å². The van der Waals surface area contributed by atoms with E-state index in [1.165, 1.54) is 22.3 Å². The van der Waals surface area contributed by atoms with Gasteiger partial charge < -0.3 is 9.47 Å². The fourth-order valence-electron chi connectivity index (χ4n) is 5.61. The summed E-state index contributed by atoms with van der Waals surface area (Å²) in [4.78, 5) is 24.3. The molecule has 0 amide bonds. The minimum Gasteiger partial charge on any atom is -0.460 e. The van der Waals surface area contributed by atoms with E-state index in [9.17, 15) is 9.59 Å². The van der Waals surface area contributed by atoms with Crippen molar-refractivity contribution >= 4 is 11.9 Å². The average Bonchev–Trinajstić information content (AvgIpc) is 3.07. The summed E-state index contributed by atoms with van der Waals surface area (Å²) in [5.74, 6) is -0.215. The lowest BCUT2D eigenvalue weighted by molar-refractivity contribution is -0.156. The second kappa shape index (κ2) is 12.3. The van der Waals surface area contributed by atoms with Crippen LogP contribution < -0.4 is 0 Å². The van der Waals surface area contributed by atoms with Crippen molar-refractivity contribution in [1.29, 1.82) is 0 Å². The van der Waals surface area contributed by atoms with Crippen molar-refractivity contribution in [2.24, 2.45) is 0 Å². The minimum atomic E-state index is -0.429. The van der Waals surface area contributed by atoms with Gasteiger partial charge in [-0.2, -0.15) is 0 Å². The topological polar surface area (TPSA) is 52.6 Å². The Labute approximate surface area is 224 Å². The van der Waals surface area contributed by atoms with Gasteiger partial charge >= 0.3 is 11.9 Å². The second-order valence-electron chi connectivity index (χ2n) is 12.5. The number of ether oxygens (including phenoxy) is 2. The van der Waals surface area contributed by atoms with Crippen LogP contribution >= 0.6 is 0 Å². The van der Waals surface area contributed by atoms with Crippen molar-refractivity contribution in [3.63, 3.8) is 0 Å². The van der Waals surface area contributed by atoms with E-state index in [0.717, 1.165) is 51.4 Å². The van der Waals surface area contributed by atoms with Gasteiger partial charge in [0, 0.05) is 18.3 Å². The van der Waals surface area contributed by atoms with E-state index in [1.807, 2.05) is 41.5 Å². The molecule has 2 aromatic carbocycles. The van der Waals surface area contributed by atoms with Crippen molar-refractivity contribution in [3.05, 3.63) is 59.7 Å². The molecule has 0 atom stereocenters. The molecule has 37 heavy (non-hydrogen) atoms. The van der Waals surface area contributed by atoms with Crippen molar-refractivity contribution in [1.82, 2.24) is 0 Å². The average molecular weight is 507 g/mol. The zero-order chi connectivity index (χ0) is 27.1. The van der Waals surface area contributed by atoms with Gasteiger partial charge in [0.25, 0.3) is 0 Å². The number of esters is 2. The van der Waals surface area contributed by atoms with Crippen LogP contribution in [0, 0.1) is 0 Å². The Morgan fingerprint density at radius 3 is 1.35 bits per heavy atom. The first-order valence-electron chi connectivity index (χ1n) is 14.0. The van der Waals surface area contributed by atoms with Crippen LogP contribution in [0.4, 0.5) is 0 Å². The summed E-state index contributed by atoms with van der Waals surface area (Å²) in [6.07, 6.45) is 8.89. The Balaban J connectivity index is 1.65. The van der Waals surface area contributed by atoms with Crippen LogP contribution in [-0.4, -0.2) is 23.1 Å². The highest BCUT2D eigenvalue weighted by molar-refractivity contribution is 5.81. The van der Waals surface area contributed by atoms with Crippen molar-refractivity contribution in [3.8, 4) is 11.1 Å². The molecule has 1 aliphatic carbocycles. The molecule has 3 rings (SSSR count). The van der Waals surface area contributed by atoms with Crippen LogP contribution in [0.5, 0.6) is 0 Å². The molecular weight excluding hydrogens is 460 g/mol. The molecule has 0 bridgehead atoms. The smallest absolute Gasteiger partial charge is 0.306 e. The molecular formula is C33H46O4. The van der Waals surface area contributed by atoms with Crippen molar-refractivity contribution in [2.45, 2.75) is 122 Å². The minimum absolute atomic E-state index is 0.0228. The van der Waals surface area contributed by atoms with E-state index in [2.05, 4.69) is 48.5 Å². The third-order valence-corrected chi connectivity index (χ3v) is 6.98. The first kappa shape index (κ1) is 28.9. The number of hydrogen-bond acceptors (Lipinski definition) is 4. The standard InChI is InChI=1S/C33H46O4/c1-31(2,3)36-29(34)21-9-7-15-23-33(24-16-8-10-22-30(35)37-32(4,5)6)27-19-13-11-17-25(27)26-18-12-14-20-28(26)33/h11-14,17-20H,7-10,15-16,21-24H2,1-6H3. The predicted octanol–water partition coefficient (Wildman–Crippen LogP) is 8.54. The monoisotopic (exact) mass is 506 g/mol. The third kappa shape index (κ3) is 8.18. The fraction of sp³-hybridized carbons (Fsp3) is 0.576. The number of fused-ring (bicyclic) bond motifs is 3. The Kier molecular flexibility index (Phi) is 9.61. The number of rotatable bonds is 12. The largest absolute Gasteiger partial charge is 0.460 e. The molecule has 1 aliphatic rings. The molecule has 202 valence electrons. The Morgan fingerprint density at radius 1 is 0.595 bits per heavy atom. The predicted molar refractivity (Wildman–Crippen MR) is 151 cm³/mol. The molecule has 0 unspecified atom stereocenters. The van der Waals surface area contributed by atoms with Gasteiger partial charge in [0.2, 0.25) is 0 Å². The van der Waals surface area contributed by atoms with Crippen LogP contribution in [0.1, 0.15) is 117 Å². The molecule has 0 fully saturated rings. The van der Waals surface area contributed by atoms with E-state index in [-0.39, 0.29) is 17.4 Å². The first-order chi connectivity index (χ1) is 17.4. The molecule has 0 spiro atoms. The maximum absolute atomic E-state index is 12.1. The maximum atomic E-state index is 12.1. The summed E-state index contributed by atoms with van der Waals surface area (Å²) >= 11 is 0. The summed E-state index contributed by atoms with van der Waals surface area (Å²) in [5.41, 5.74) is 4.67. The van der Waals surface area contributed by atoms with Crippen LogP contribution in [-0.2, 0) is 24.5 Å². The fourth-order valence-corrected chi connectivity index (χ4v) is 5.61. The Bertz CT molecular complexity index is 969. The number of unbranched alkanes of at least 4 members (excludes halogenated alkanes) is 4. The highest BCUT2D eigenvalue weighted by Gasteiger charge is 2.41. The van der Waals surface area contributed by atoms with Gasteiger partial charge in [-0.05, 0) is 89.5 Å². The summed E-state index contributed by atoms with van der Waals surface area (Å²) in [6.45, 7) is 11.5. The molecule has 4 nitrogen and oxygen atoms in total. The van der Waals surface area contributed by atoms with Crippen LogP contribution in [0.3, 0.4) is 0 Å². The lowest BCUT2D eigenvalue weighted by Gasteiger charge is -2.33. The molecule has 0 N–H and O–H groups in total. The Morgan fingerprint density at radius 2 is 0.973 bits per heavy atom. The summed E-state index contributed by atoms with van der Waals surface area (Å²) in [7, 11) is 0. The number of carbonyl (C=O) groups is 2. The molecule has 0 saturated heterocycles. The van der Waals surface area contributed by atoms with Gasteiger partial charge in [0.1, 0.15) is 11.2 Å². The number of carbonyl (C=O) groups excluding carboxylic acids is 2. The molecule has 0 radical (unpaired) electrons. The van der Waals surface area contributed by atoms with E-state index >= 15 is 0 Å². The van der Waals surface area contributed by atoms with Gasteiger partial charge in [0.05, 0.1) is 0 Å². The molecule has 4 heteroatoms. The zero-order valence-electron chi connectivity index (χ0n) is 23.8. The van der Waals surface area contributed by atoms with Gasteiger partial charge in [-0.25, -0.2) is 0 Å². The summed E-state index contributed by atoms with van der Waals surface area (Å²) in [6, 6.07) is 17.7. The van der Waals surface area contributed by atoms with Crippen LogP contribution in [0.25, 0.3) is 11.1 Å². The molecule has 0 aliphatic heterocycles. The van der Waals surface area contributed by atoms with Crippen molar-refractivity contribution < 1.29 is 19.1 Å². The molecule has 0 aromatic heterocycles. The van der Waals surface area contributed by atoms with Crippen molar-refractivity contribution in [2.75, 3.05) is 0 Å². The molecule has 2 aromatic rings. The first-order valence-corrected chi connectivity index (χ1v) is 14.0. The molecule has 0 heterocycles. The zero-order valence-corrected chi connectivity index (χ0v) is 23.8. The Hall–Kier alpha value is -2.62. The summed E-state index contributed by atoms with van der Waals surface area (Å²) in [5, 5.41) is 0. The van der Waals surface area contributed by atoms with E-state index in [4.69, 9.17) is 9.47 Å². The quantitative estimate of drug-likeness (QED) is 0.214. The normalized spacial score (nSPS) is 14.1. The molecule has 0 saturated carbocycles. The SMILES string of the molecule is CC(C)(C)OC(=O)CCCCCC1(CCCCCC(=O)OC(C)(C)C)c2ccccc2-c2ccccc21. The maximum Gasteiger partial charge on any atom is 0.306 e. The highest BCUT2D eigenvalue weighted by atomic mass is 16.6. The lowest BCUT2D eigenvalue weighted by Crippen LogP contribution is -2.26. The van der Waals surface area contributed by atoms with Gasteiger partial charge in [-0.15, -0.1) is 0 Å². The highest BCUT2D eigenvalue weighted by Crippen LogP contribution is 2.54. The second-order valence-corrected chi connectivity index (χ2v) is 12.5. The van der Waals surface area contributed by atoms with Crippen LogP contribution in [0.15, 0.2) is 48.5 Å². The van der Waals surface area contributed by atoms with Gasteiger partial charge in [0.15, 0.2) is 0 Å². The van der Waals surface area contributed by atoms with Gasteiger partial charge in [-0.3, -0.25) is 9.59 Å². The number of benzene rings is 2. The summed E-state index contributed by atoms with van der Waals surface area (Å²) < 4.78 is 11.0. The third-order valence-electron chi connectivity index (χ3n) is 6.98. The van der Waals surface area contributed by atoms with E-state index < -0.39 is 11.2 Å². The lowest BCUT2D eigenvalue weighted by atomic mass is 9.70.